The van der Waals surface area contributed by atoms with Crippen molar-refractivity contribution in [3.8, 4) is 0 Å². The summed E-state index contributed by atoms with van der Waals surface area (Å²) in [6, 6.07) is 14.2. The van der Waals surface area contributed by atoms with Gasteiger partial charge in [-0.15, -0.1) is 0 Å². The Bertz CT molecular complexity index is 1520. The quantitative estimate of drug-likeness (QED) is 0.420. The van der Waals surface area contributed by atoms with Crippen molar-refractivity contribution in [2.45, 2.75) is 76.1 Å². The number of likely N-dealkylation sites (tertiary alicyclic amines) is 3. The number of H-pyrrole nitrogens is 1. The largest absolute Gasteiger partial charge is 0.436 e. The van der Waals surface area contributed by atoms with Crippen LogP contribution >= 0.6 is 0 Å². The van der Waals surface area contributed by atoms with E-state index < -0.39 is 12.2 Å². The highest BCUT2D eigenvalue weighted by molar-refractivity contribution is 5.92. The molecule has 2 N–H and O–H groups in total. The van der Waals surface area contributed by atoms with Crippen LogP contribution in [0.2, 0.25) is 0 Å². The van der Waals surface area contributed by atoms with Crippen LogP contribution in [0.1, 0.15) is 56.1 Å². The number of rotatable bonds is 6. The van der Waals surface area contributed by atoms with E-state index in [1.165, 1.54) is 19.3 Å². The first-order valence-electron chi connectivity index (χ1n) is 16.6. The van der Waals surface area contributed by atoms with E-state index in [0.29, 0.717) is 58.0 Å². The lowest BCUT2D eigenvalue weighted by Gasteiger charge is -2.41. The molecule has 4 amide bonds. The Labute approximate surface area is 263 Å². The van der Waals surface area contributed by atoms with Crippen LogP contribution in [0.25, 0.3) is 10.9 Å². The van der Waals surface area contributed by atoms with Gasteiger partial charge in [-0.3, -0.25) is 9.89 Å². The second-order valence-corrected chi connectivity index (χ2v) is 13.0. The summed E-state index contributed by atoms with van der Waals surface area (Å²) in [5.41, 5.74) is 3.80. The number of ether oxygens (including phenoxy) is 1. The highest BCUT2D eigenvalue weighted by atomic mass is 16.6. The average molecular weight is 614 g/mol. The lowest BCUT2D eigenvalue weighted by atomic mass is 9.98. The van der Waals surface area contributed by atoms with Crippen molar-refractivity contribution in [1.82, 2.24) is 29.8 Å². The topological polar surface area (TPSA) is 114 Å². The number of hydrogen-bond acceptors (Lipinski definition) is 6. The van der Waals surface area contributed by atoms with Crippen LogP contribution in [-0.4, -0.2) is 105 Å². The Morgan fingerprint density at radius 1 is 0.889 bits per heavy atom. The van der Waals surface area contributed by atoms with Crippen LogP contribution in [0.5, 0.6) is 0 Å². The summed E-state index contributed by atoms with van der Waals surface area (Å²) in [6.45, 7) is 5.17. The number of nitrogens with zero attached hydrogens (tertiary/aromatic N) is 5. The van der Waals surface area contributed by atoms with Gasteiger partial charge in [0.15, 0.2) is 6.10 Å². The third kappa shape index (κ3) is 6.49. The van der Waals surface area contributed by atoms with Gasteiger partial charge >= 0.3 is 12.1 Å². The third-order valence-corrected chi connectivity index (χ3v) is 10.2. The molecule has 238 valence electrons. The first-order chi connectivity index (χ1) is 22.0. The number of fused-ring (bicyclic) bond motifs is 2. The number of aromatic nitrogens is 2. The minimum Gasteiger partial charge on any atom is -0.436 e. The molecule has 2 aromatic carbocycles. The van der Waals surface area contributed by atoms with Crippen LogP contribution in [0.15, 0.2) is 48.7 Å². The fourth-order valence-electron chi connectivity index (χ4n) is 7.52. The van der Waals surface area contributed by atoms with Crippen molar-refractivity contribution in [2.24, 2.45) is 0 Å². The Balaban J connectivity index is 0.994. The van der Waals surface area contributed by atoms with Gasteiger partial charge < -0.3 is 29.7 Å². The number of carbonyl (C=O) groups excluding carboxylic acids is 3. The molecule has 7 rings (SSSR count). The van der Waals surface area contributed by atoms with Crippen molar-refractivity contribution < 1.29 is 19.1 Å². The Kier molecular flexibility index (Phi) is 8.60. The van der Waals surface area contributed by atoms with E-state index in [1.807, 2.05) is 52.3 Å². The highest BCUT2D eigenvalue weighted by Crippen LogP contribution is 2.28. The minimum absolute atomic E-state index is 0.0303. The molecular weight excluding hydrogens is 570 g/mol. The van der Waals surface area contributed by atoms with Gasteiger partial charge in [0.1, 0.15) is 0 Å². The van der Waals surface area contributed by atoms with Crippen LogP contribution in [0, 0.1) is 0 Å². The summed E-state index contributed by atoms with van der Waals surface area (Å²) in [6.07, 6.45) is 7.75. The van der Waals surface area contributed by atoms with E-state index in [-0.39, 0.29) is 18.0 Å². The summed E-state index contributed by atoms with van der Waals surface area (Å²) in [5, 5.41) is 11.0. The zero-order valence-electron chi connectivity index (χ0n) is 25.8. The molecular formula is C34H43N7O4. The van der Waals surface area contributed by atoms with Gasteiger partial charge in [0.05, 0.1) is 11.7 Å². The van der Waals surface area contributed by atoms with E-state index in [4.69, 9.17) is 4.74 Å². The van der Waals surface area contributed by atoms with E-state index in [9.17, 15) is 14.4 Å². The number of piperidine rings is 3. The van der Waals surface area contributed by atoms with Crippen molar-refractivity contribution in [3.05, 3.63) is 59.8 Å². The van der Waals surface area contributed by atoms with E-state index in [2.05, 4.69) is 20.4 Å². The number of aromatic amines is 1. The lowest BCUT2D eigenvalue weighted by molar-refractivity contribution is -0.142. The van der Waals surface area contributed by atoms with Crippen molar-refractivity contribution in [1.29, 1.82) is 0 Å². The standard InChI is InChI=1S/C34H43N7O4/c42-32(39-16-10-27(11-17-39)38-14-4-1-5-15-38)31(21-24-8-9-30-26(20-24)22-35-37-30)45-34(44)40-18-12-28(13-19-40)41-23-25-6-2-3-7-29(25)36-33(41)43/h2-3,6-9,20,22,27-28,31H,1,4-5,10-19,21,23H2,(H,35,37)(H,36,43)/t31-/m1/s1. The van der Waals surface area contributed by atoms with Crippen LogP contribution in [0.4, 0.5) is 15.3 Å². The van der Waals surface area contributed by atoms with Gasteiger partial charge in [0, 0.05) is 62.3 Å². The monoisotopic (exact) mass is 613 g/mol. The number of benzene rings is 2. The van der Waals surface area contributed by atoms with Gasteiger partial charge in [0.2, 0.25) is 0 Å². The zero-order valence-corrected chi connectivity index (χ0v) is 25.8. The Morgan fingerprint density at radius 3 is 2.42 bits per heavy atom. The van der Waals surface area contributed by atoms with E-state index >= 15 is 0 Å². The smallest absolute Gasteiger partial charge is 0.410 e. The zero-order chi connectivity index (χ0) is 30.8. The number of anilines is 1. The lowest BCUT2D eigenvalue weighted by Crippen LogP contribution is -2.53. The molecule has 3 fully saturated rings. The molecule has 0 saturated carbocycles. The summed E-state index contributed by atoms with van der Waals surface area (Å²) in [7, 11) is 0. The second kappa shape index (κ2) is 13.1. The third-order valence-electron chi connectivity index (χ3n) is 10.2. The molecule has 1 aromatic heterocycles. The van der Waals surface area contributed by atoms with Crippen molar-refractivity contribution in [3.63, 3.8) is 0 Å². The fraction of sp³-hybridized carbons (Fsp3) is 0.529. The normalized spacial score (nSPS) is 21.0. The van der Waals surface area contributed by atoms with Gasteiger partial charge in [-0.05, 0) is 80.9 Å². The first kappa shape index (κ1) is 29.6. The van der Waals surface area contributed by atoms with Crippen LogP contribution in [-0.2, 0) is 22.5 Å². The fourth-order valence-corrected chi connectivity index (χ4v) is 7.52. The minimum atomic E-state index is -0.907. The number of para-hydroxylation sites is 1. The molecule has 0 spiro atoms. The Hall–Kier alpha value is -4.12. The molecule has 11 nitrogen and oxygen atoms in total. The number of nitrogens with one attached hydrogen (secondary N) is 2. The van der Waals surface area contributed by atoms with Crippen molar-refractivity contribution >= 4 is 34.6 Å². The molecule has 11 heteroatoms. The maximum absolute atomic E-state index is 14.0. The molecule has 4 aliphatic heterocycles. The number of hydrogen-bond donors (Lipinski definition) is 2. The molecule has 5 heterocycles. The van der Waals surface area contributed by atoms with Gasteiger partial charge in [-0.2, -0.15) is 5.10 Å². The van der Waals surface area contributed by atoms with Gasteiger partial charge in [0.25, 0.3) is 5.91 Å². The summed E-state index contributed by atoms with van der Waals surface area (Å²) < 4.78 is 6.06. The van der Waals surface area contributed by atoms with E-state index in [0.717, 1.165) is 53.6 Å². The second-order valence-electron chi connectivity index (χ2n) is 13.0. The molecule has 1 atom stereocenters. The molecule has 0 aliphatic carbocycles. The molecule has 45 heavy (non-hydrogen) atoms. The maximum Gasteiger partial charge on any atom is 0.410 e. The maximum atomic E-state index is 14.0. The molecule has 0 bridgehead atoms. The Morgan fingerprint density at radius 2 is 1.62 bits per heavy atom. The number of amides is 4. The predicted molar refractivity (Wildman–Crippen MR) is 171 cm³/mol. The molecule has 3 aromatic rings. The van der Waals surface area contributed by atoms with Gasteiger partial charge in [-0.1, -0.05) is 30.7 Å². The summed E-state index contributed by atoms with van der Waals surface area (Å²) in [4.78, 5) is 48.4. The summed E-state index contributed by atoms with van der Waals surface area (Å²) in [5.74, 6) is -0.119. The number of carbonyl (C=O) groups is 3. The molecule has 0 unspecified atom stereocenters. The highest BCUT2D eigenvalue weighted by Gasteiger charge is 2.36. The average Bonchev–Trinajstić information content (AvgIpc) is 3.56. The first-order valence-corrected chi connectivity index (χ1v) is 16.6. The van der Waals surface area contributed by atoms with Crippen LogP contribution < -0.4 is 5.32 Å². The van der Waals surface area contributed by atoms with E-state index in [1.54, 1.807) is 11.1 Å². The SMILES string of the molecule is O=C(O[C@H](Cc1ccc2[nH]ncc2c1)C(=O)N1CCC(N2CCCCC2)CC1)N1CCC(N2Cc3ccccc3NC2=O)CC1. The molecule has 0 radical (unpaired) electrons. The summed E-state index contributed by atoms with van der Waals surface area (Å²) >= 11 is 0. The van der Waals surface area contributed by atoms with Gasteiger partial charge in [-0.25, -0.2) is 9.59 Å². The molecule has 4 aliphatic rings. The van der Waals surface area contributed by atoms with Crippen molar-refractivity contribution in [2.75, 3.05) is 44.6 Å². The van der Waals surface area contributed by atoms with Crippen LogP contribution in [0.3, 0.4) is 0 Å². The predicted octanol–water partition coefficient (Wildman–Crippen LogP) is 4.60. The molecule has 3 saturated heterocycles. The number of urea groups is 1.